The minimum Gasteiger partial charge on any atom is -0.448 e. The molecule has 0 radical (unpaired) electrons. The van der Waals surface area contributed by atoms with E-state index in [0.29, 0.717) is 13.2 Å². The van der Waals surface area contributed by atoms with Crippen LogP contribution in [0.1, 0.15) is 0 Å². The highest BCUT2D eigenvalue weighted by molar-refractivity contribution is 5.85. The van der Waals surface area contributed by atoms with Crippen LogP contribution in [0.2, 0.25) is 0 Å². The molecule has 0 saturated carbocycles. The van der Waals surface area contributed by atoms with E-state index in [1.165, 1.54) is 0 Å². The quantitative estimate of drug-likeness (QED) is 0.555. The van der Waals surface area contributed by atoms with Crippen LogP contribution in [0, 0.1) is 0 Å². The average Bonchev–Trinajstić information content (AvgIpc) is 1.86. The molecule has 1 amide bonds. The first-order valence-corrected chi connectivity index (χ1v) is 1.80. The zero-order chi connectivity index (χ0) is 4.41. The Morgan fingerprint density at radius 1 is 1.44 bits per heavy atom. The van der Waals surface area contributed by atoms with Gasteiger partial charge in [0.2, 0.25) is 0 Å². The molecule has 0 unspecified atom stereocenters. The molecule has 1 aliphatic heterocycles. The van der Waals surface area contributed by atoms with Crippen LogP contribution in [0.25, 0.3) is 0 Å². The first-order chi connectivity index (χ1) is 2.89. The molecule has 9 heavy (non-hydrogen) atoms. The Labute approximate surface area is 65.1 Å². The fourth-order valence-corrected chi connectivity index (χ4v) is 0.348. The number of ether oxygens (including phenoxy) is 1. The first kappa shape index (κ1) is 15.9. The number of amides is 1. The monoisotopic (exact) mass is 177 g/mol. The molecule has 3 N–H and O–H groups in total. The lowest BCUT2D eigenvalue weighted by molar-refractivity contribution is 0.178. The van der Waals surface area contributed by atoms with Gasteiger partial charge in [-0.1, -0.05) is 0 Å². The van der Waals surface area contributed by atoms with Gasteiger partial charge in [-0.2, -0.15) is 0 Å². The summed E-state index contributed by atoms with van der Waals surface area (Å²) in [6.07, 6.45) is -0.296. The summed E-state index contributed by atoms with van der Waals surface area (Å²) in [7, 11) is 0. The molecule has 6 heteroatoms. The van der Waals surface area contributed by atoms with Crippen molar-refractivity contribution in [1.82, 2.24) is 5.32 Å². The van der Waals surface area contributed by atoms with Crippen molar-refractivity contribution in [1.29, 1.82) is 0 Å². The lowest BCUT2D eigenvalue weighted by Gasteiger charge is -1.80. The van der Waals surface area contributed by atoms with E-state index in [4.69, 9.17) is 0 Å². The summed E-state index contributed by atoms with van der Waals surface area (Å²) < 4.78 is 4.40. The van der Waals surface area contributed by atoms with E-state index >= 15 is 0 Å². The van der Waals surface area contributed by atoms with Crippen molar-refractivity contribution >= 4 is 30.9 Å². The Morgan fingerprint density at radius 3 is 2.11 bits per heavy atom. The topological polar surface area (TPSA) is 69.8 Å². The third kappa shape index (κ3) is 5.68. The van der Waals surface area contributed by atoms with Gasteiger partial charge in [0.05, 0.1) is 6.54 Å². The Kier molecular flexibility index (Phi) is 13.8. The molecule has 0 aliphatic carbocycles. The van der Waals surface area contributed by atoms with Crippen LogP contribution >= 0.6 is 24.8 Å². The minimum absolute atomic E-state index is 0. The molecule has 1 aliphatic rings. The van der Waals surface area contributed by atoms with Crippen LogP contribution in [0.3, 0.4) is 0 Å². The smallest absolute Gasteiger partial charge is 0.407 e. The second-order valence-electron chi connectivity index (χ2n) is 1.06. The molecule has 4 nitrogen and oxygen atoms in total. The van der Waals surface area contributed by atoms with Crippen molar-refractivity contribution in [2.75, 3.05) is 13.2 Å². The SMILES string of the molecule is Cl.Cl.O.O=C1NCCO1. The summed E-state index contributed by atoms with van der Waals surface area (Å²) in [4.78, 5) is 9.91. The number of alkyl carbamates (subject to hydrolysis) is 1. The maximum Gasteiger partial charge on any atom is 0.407 e. The summed E-state index contributed by atoms with van der Waals surface area (Å²) in [5.74, 6) is 0. The van der Waals surface area contributed by atoms with Crippen molar-refractivity contribution in [3.8, 4) is 0 Å². The number of hydrogen-bond acceptors (Lipinski definition) is 2. The van der Waals surface area contributed by atoms with Gasteiger partial charge < -0.3 is 15.5 Å². The molecule has 1 fully saturated rings. The number of carbonyl (C=O) groups excluding carboxylic acids is 1. The maximum absolute atomic E-state index is 9.91. The summed E-state index contributed by atoms with van der Waals surface area (Å²) in [5, 5.41) is 2.46. The Morgan fingerprint density at radius 2 is 2.00 bits per heavy atom. The van der Waals surface area contributed by atoms with Gasteiger partial charge >= 0.3 is 6.09 Å². The molecular formula is C3H9Cl2NO3. The van der Waals surface area contributed by atoms with Gasteiger partial charge in [-0.05, 0) is 0 Å². The highest BCUT2D eigenvalue weighted by atomic mass is 35.5. The third-order valence-corrected chi connectivity index (χ3v) is 0.605. The average molecular weight is 178 g/mol. The number of cyclic esters (lactones) is 1. The zero-order valence-corrected chi connectivity index (χ0v) is 6.18. The molecule has 58 valence electrons. The van der Waals surface area contributed by atoms with Crippen molar-refractivity contribution < 1.29 is 15.0 Å². The molecule has 0 bridgehead atoms. The van der Waals surface area contributed by atoms with Crippen LogP contribution in [0.5, 0.6) is 0 Å². The number of halogens is 2. The minimum atomic E-state index is -0.296. The van der Waals surface area contributed by atoms with Gasteiger partial charge in [0, 0.05) is 0 Å². The second-order valence-corrected chi connectivity index (χ2v) is 1.06. The van der Waals surface area contributed by atoms with Crippen LogP contribution in [-0.4, -0.2) is 24.7 Å². The predicted molar refractivity (Wildman–Crippen MR) is 37.5 cm³/mol. The number of rotatable bonds is 0. The second kappa shape index (κ2) is 7.81. The third-order valence-electron chi connectivity index (χ3n) is 0.605. The van der Waals surface area contributed by atoms with Crippen LogP contribution in [0.15, 0.2) is 0 Å². The zero-order valence-electron chi connectivity index (χ0n) is 4.55. The van der Waals surface area contributed by atoms with Crippen molar-refractivity contribution in [3.63, 3.8) is 0 Å². The molecule has 1 heterocycles. The van der Waals surface area contributed by atoms with Crippen LogP contribution in [0.4, 0.5) is 4.79 Å². The molecule has 1 saturated heterocycles. The summed E-state index contributed by atoms with van der Waals surface area (Å²) >= 11 is 0. The summed E-state index contributed by atoms with van der Waals surface area (Å²) in [6, 6.07) is 0. The van der Waals surface area contributed by atoms with Gasteiger partial charge in [-0.25, -0.2) is 4.79 Å². The van der Waals surface area contributed by atoms with Gasteiger partial charge in [0.15, 0.2) is 0 Å². The molecule has 0 spiro atoms. The summed E-state index contributed by atoms with van der Waals surface area (Å²) in [6.45, 7) is 1.19. The van der Waals surface area contributed by atoms with Crippen LogP contribution in [-0.2, 0) is 4.74 Å². The number of hydrogen-bond donors (Lipinski definition) is 1. The molecule has 1 rings (SSSR count). The van der Waals surface area contributed by atoms with Crippen molar-refractivity contribution in [3.05, 3.63) is 0 Å². The Balaban J connectivity index is -0.000000120. The highest BCUT2D eigenvalue weighted by Gasteiger charge is 2.06. The maximum atomic E-state index is 9.91. The molecule has 0 aromatic heterocycles. The largest absolute Gasteiger partial charge is 0.448 e. The fourth-order valence-electron chi connectivity index (χ4n) is 0.348. The summed E-state index contributed by atoms with van der Waals surface area (Å²) in [5.41, 5.74) is 0. The highest BCUT2D eigenvalue weighted by Crippen LogP contribution is 1.82. The lowest BCUT2D eigenvalue weighted by Crippen LogP contribution is -2.11. The van der Waals surface area contributed by atoms with Crippen LogP contribution < -0.4 is 5.32 Å². The normalized spacial score (nSPS) is 13.1. The van der Waals surface area contributed by atoms with E-state index in [-0.39, 0.29) is 36.4 Å². The molecular weight excluding hydrogens is 169 g/mol. The standard InChI is InChI=1S/C3H5NO2.2ClH.H2O/c5-3-4-1-2-6-3;;;/h1-2H2,(H,4,5);2*1H;1H2. The Hall–Kier alpha value is -0.190. The van der Waals surface area contributed by atoms with Crippen molar-refractivity contribution in [2.24, 2.45) is 0 Å². The van der Waals surface area contributed by atoms with Gasteiger partial charge in [-0.3, -0.25) is 0 Å². The fraction of sp³-hybridized carbons (Fsp3) is 0.667. The van der Waals surface area contributed by atoms with E-state index in [1.54, 1.807) is 0 Å². The Bertz CT molecular complexity index is 71.5. The lowest BCUT2D eigenvalue weighted by atomic mass is 10.7. The van der Waals surface area contributed by atoms with E-state index in [2.05, 4.69) is 10.1 Å². The van der Waals surface area contributed by atoms with E-state index in [1.807, 2.05) is 0 Å². The van der Waals surface area contributed by atoms with Gasteiger partial charge in [-0.15, -0.1) is 24.8 Å². The number of nitrogens with one attached hydrogen (secondary N) is 1. The molecule has 0 aromatic carbocycles. The predicted octanol–water partition coefficient (Wildman–Crippen LogP) is -0.255. The van der Waals surface area contributed by atoms with E-state index < -0.39 is 0 Å². The van der Waals surface area contributed by atoms with Gasteiger partial charge in [0.25, 0.3) is 0 Å². The molecule has 0 atom stereocenters. The first-order valence-electron chi connectivity index (χ1n) is 1.80. The van der Waals surface area contributed by atoms with E-state index in [9.17, 15) is 4.79 Å². The van der Waals surface area contributed by atoms with Gasteiger partial charge in [0.1, 0.15) is 6.61 Å². The van der Waals surface area contributed by atoms with Crippen molar-refractivity contribution in [2.45, 2.75) is 0 Å². The number of carbonyl (C=O) groups is 1. The van der Waals surface area contributed by atoms with E-state index in [0.717, 1.165) is 0 Å². The molecule has 0 aromatic rings.